The van der Waals surface area contributed by atoms with Gasteiger partial charge in [0.15, 0.2) is 0 Å². The Morgan fingerprint density at radius 1 is 1.29 bits per heavy atom. The summed E-state index contributed by atoms with van der Waals surface area (Å²) in [6.07, 6.45) is 0.171. The van der Waals surface area contributed by atoms with Gasteiger partial charge < -0.3 is 10.9 Å². The molecular formula is C10H15NaO5S. The molecule has 92 valence electrons. The van der Waals surface area contributed by atoms with E-state index in [0.29, 0.717) is 11.5 Å². The maximum atomic E-state index is 10.9. The Kier molecular flexibility index (Phi) is 7.11. The smallest absolute Gasteiger partial charge is 1.00 e. The maximum Gasteiger partial charge on any atom is 1.00 e. The summed E-state index contributed by atoms with van der Waals surface area (Å²) in [5.41, 5.74) is -1.24. The van der Waals surface area contributed by atoms with Crippen LogP contribution in [0.5, 0.6) is 11.5 Å². The predicted molar refractivity (Wildman–Crippen MR) is 60.4 cm³/mol. The third-order valence-corrected chi connectivity index (χ3v) is 3.09. The van der Waals surface area contributed by atoms with Gasteiger partial charge in [-0.25, -0.2) is 0 Å². The molecule has 1 unspecified atom stereocenters. The molecule has 0 saturated carbocycles. The minimum atomic E-state index is -4.18. The molecule has 0 amide bonds. The summed E-state index contributed by atoms with van der Waals surface area (Å²) in [6.45, 7) is 1.61. The first kappa shape index (κ1) is 16.7. The molecule has 0 aromatic heterocycles. The summed E-state index contributed by atoms with van der Waals surface area (Å²) >= 11 is 0. The zero-order valence-corrected chi connectivity index (χ0v) is 12.9. The van der Waals surface area contributed by atoms with Crippen molar-refractivity contribution in [1.29, 1.82) is 0 Å². The van der Waals surface area contributed by atoms with E-state index in [1.54, 1.807) is 31.2 Å². The molecule has 1 atom stereocenters. The van der Waals surface area contributed by atoms with Crippen molar-refractivity contribution < 1.29 is 53.4 Å². The van der Waals surface area contributed by atoms with Gasteiger partial charge in [0, 0.05) is 0 Å². The number of hydrogen-bond acceptors (Lipinski definition) is 4. The van der Waals surface area contributed by atoms with Crippen molar-refractivity contribution in [3.8, 4) is 11.5 Å². The summed E-state index contributed by atoms with van der Waals surface area (Å²) in [5, 5.41) is 0. The normalized spacial score (nSPS) is 12.4. The van der Waals surface area contributed by atoms with Crippen molar-refractivity contribution in [2.24, 2.45) is 0 Å². The second kappa shape index (κ2) is 7.23. The molecule has 1 rings (SSSR count). The molecule has 0 bridgehead atoms. The average molecular weight is 270 g/mol. The van der Waals surface area contributed by atoms with Gasteiger partial charge in [0.2, 0.25) is 5.44 Å². The van der Waals surface area contributed by atoms with E-state index in [1.165, 1.54) is 7.11 Å². The van der Waals surface area contributed by atoms with Crippen molar-refractivity contribution in [2.75, 3.05) is 7.11 Å². The second-order valence-electron chi connectivity index (χ2n) is 3.15. The van der Waals surface area contributed by atoms with Crippen LogP contribution in [0.1, 0.15) is 14.8 Å². The number of rotatable bonds is 5. The van der Waals surface area contributed by atoms with E-state index in [1.807, 2.05) is 0 Å². The Labute approximate surface area is 125 Å². The summed E-state index contributed by atoms with van der Waals surface area (Å²) in [5.74, 6) is 1.01. The van der Waals surface area contributed by atoms with Crippen molar-refractivity contribution in [1.82, 2.24) is 0 Å². The molecular weight excluding hydrogens is 255 g/mol. The Morgan fingerprint density at radius 3 is 2.12 bits per heavy atom. The summed E-state index contributed by atoms with van der Waals surface area (Å²) in [6, 6.07) is 6.44. The molecule has 0 radical (unpaired) electrons. The third-order valence-electron chi connectivity index (χ3n) is 1.99. The number of hydrogen-bond donors (Lipinski definition) is 1. The van der Waals surface area contributed by atoms with Crippen molar-refractivity contribution in [3.05, 3.63) is 24.3 Å². The maximum absolute atomic E-state index is 10.9. The molecule has 0 spiro atoms. The van der Waals surface area contributed by atoms with Crippen molar-refractivity contribution in [3.63, 3.8) is 0 Å². The Hall–Kier alpha value is -0.270. The van der Waals surface area contributed by atoms with Crippen LogP contribution in [0.4, 0.5) is 0 Å². The van der Waals surface area contributed by atoms with Crippen LogP contribution in [0.2, 0.25) is 0 Å². The average Bonchev–Trinajstić information content (AvgIpc) is 2.25. The van der Waals surface area contributed by atoms with Crippen LogP contribution < -0.4 is 39.0 Å². The third kappa shape index (κ3) is 5.27. The van der Waals surface area contributed by atoms with E-state index >= 15 is 0 Å². The van der Waals surface area contributed by atoms with Gasteiger partial charge in [-0.15, -0.1) is 0 Å². The quantitative estimate of drug-likeness (QED) is 0.538. The van der Waals surface area contributed by atoms with E-state index in [-0.39, 0.29) is 37.4 Å². The zero-order valence-electron chi connectivity index (χ0n) is 11.1. The van der Waals surface area contributed by atoms with E-state index in [0.717, 1.165) is 0 Å². The first-order chi connectivity index (χ1) is 7.47. The minimum Gasteiger partial charge on any atom is -1.00 e. The number of benzene rings is 1. The zero-order chi connectivity index (χ0) is 12.2. The molecule has 1 aromatic carbocycles. The van der Waals surface area contributed by atoms with Gasteiger partial charge in [-0.05, 0) is 30.7 Å². The van der Waals surface area contributed by atoms with E-state index in [4.69, 9.17) is 14.0 Å². The van der Waals surface area contributed by atoms with E-state index in [9.17, 15) is 8.42 Å². The number of ether oxygens (including phenoxy) is 2. The molecule has 0 saturated heterocycles. The van der Waals surface area contributed by atoms with Gasteiger partial charge in [0.25, 0.3) is 0 Å². The monoisotopic (exact) mass is 270 g/mol. The topological polar surface area (TPSA) is 72.8 Å². The van der Waals surface area contributed by atoms with Crippen LogP contribution in [0.3, 0.4) is 0 Å². The molecule has 0 aliphatic carbocycles. The van der Waals surface area contributed by atoms with Gasteiger partial charge >= 0.3 is 39.7 Å². The first-order valence-electron chi connectivity index (χ1n) is 4.74. The molecule has 7 heteroatoms. The van der Waals surface area contributed by atoms with Gasteiger partial charge in [0.1, 0.15) is 11.5 Å². The van der Waals surface area contributed by atoms with Crippen LogP contribution in [-0.4, -0.2) is 25.5 Å². The van der Waals surface area contributed by atoms with Crippen LogP contribution in [0.15, 0.2) is 24.3 Å². The summed E-state index contributed by atoms with van der Waals surface area (Å²) in [7, 11) is -2.65. The fourth-order valence-electron chi connectivity index (χ4n) is 1.16. The molecule has 0 aliphatic rings. The predicted octanol–water partition coefficient (Wildman–Crippen LogP) is -1.19. The van der Waals surface area contributed by atoms with Gasteiger partial charge in [-0.3, -0.25) is 4.55 Å². The largest absolute Gasteiger partial charge is 1.00 e. The number of methoxy groups -OCH3 is 1. The van der Waals surface area contributed by atoms with Crippen LogP contribution in [-0.2, 0) is 10.1 Å². The Bertz CT molecular complexity index is 434. The van der Waals surface area contributed by atoms with E-state index in [2.05, 4.69) is 0 Å². The molecule has 0 aliphatic heterocycles. The van der Waals surface area contributed by atoms with Gasteiger partial charge in [-0.2, -0.15) is 8.42 Å². The van der Waals surface area contributed by atoms with E-state index < -0.39 is 15.6 Å². The summed E-state index contributed by atoms with van der Waals surface area (Å²) in [4.78, 5) is 0. The Balaban J connectivity index is 0. The first-order valence-corrected chi connectivity index (χ1v) is 6.24. The van der Waals surface area contributed by atoms with Crippen molar-refractivity contribution in [2.45, 2.75) is 18.8 Å². The molecule has 1 aromatic rings. The molecule has 0 fully saturated rings. The molecule has 1 N–H and O–H groups in total. The molecule has 17 heavy (non-hydrogen) atoms. The summed E-state index contributed by atoms with van der Waals surface area (Å²) < 4.78 is 40.7. The van der Waals surface area contributed by atoms with Crippen LogP contribution in [0, 0.1) is 0 Å². The molecule has 5 nitrogen and oxygen atoms in total. The van der Waals surface area contributed by atoms with Gasteiger partial charge in [-0.1, -0.05) is 6.92 Å². The fourth-order valence-corrected chi connectivity index (χ4v) is 1.81. The minimum absolute atomic E-state index is 0. The fraction of sp³-hybridized carbons (Fsp3) is 0.400. The van der Waals surface area contributed by atoms with Crippen LogP contribution in [0.25, 0.3) is 0 Å². The standard InChI is InChI=1S/C10H14O5S.Na.H/c1-3-10(16(11,12)13)15-9-6-4-8(14-2)5-7-9;;/h4-7,10H,3H2,1-2H3,(H,11,12,13);;/q;+1;-1. The SMILES string of the molecule is CCC(Oc1ccc(OC)cc1)S(=O)(=O)O.[H-].[Na+]. The van der Waals surface area contributed by atoms with Crippen molar-refractivity contribution >= 4 is 10.1 Å². The van der Waals surface area contributed by atoms with Crippen LogP contribution >= 0.6 is 0 Å². The Morgan fingerprint density at radius 2 is 1.76 bits per heavy atom. The molecule has 0 heterocycles. The second-order valence-corrected chi connectivity index (χ2v) is 4.70. The van der Waals surface area contributed by atoms with Gasteiger partial charge in [0.05, 0.1) is 7.11 Å².